The molecule has 4 aromatic rings. The van der Waals surface area contributed by atoms with E-state index in [1.54, 1.807) is 12.1 Å². The van der Waals surface area contributed by atoms with Crippen molar-refractivity contribution in [3.8, 4) is 5.75 Å². The van der Waals surface area contributed by atoms with Crippen LogP contribution in [0.25, 0.3) is 10.9 Å². The van der Waals surface area contributed by atoms with Crippen molar-refractivity contribution in [3.63, 3.8) is 0 Å². The van der Waals surface area contributed by atoms with Gasteiger partial charge in [-0.2, -0.15) is 5.10 Å². The monoisotopic (exact) mass is 494 g/mol. The summed E-state index contributed by atoms with van der Waals surface area (Å²) in [4.78, 5) is 29.0. The summed E-state index contributed by atoms with van der Waals surface area (Å²) in [5, 5.41) is 10.4. The molecule has 1 aromatic heterocycles. The minimum atomic E-state index is -0.224. The zero-order valence-electron chi connectivity index (χ0n) is 20.8. The molecule has 1 aliphatic rings. The highest BCUT2D eigenvalue weighted by Crippen LogP contribution is 2.34. The molecule has 0 aliphatic carbocycles. The molecule has 0 spiro atoms. The lowest BCUT2D eigenvalue weighted by Gasteiger charge is -2.22. The lowest BCUT2D eigenvalue weighted by molar-refractivity contribution is -0.135. The van der Waals surface area contributed by atoms with Crippen molar-refractivity contribution in [1.82, 2.24) is 15.3 Å². The third-order valence-electron chi connectivity index (χ3n) is 6.73. The van der Waals surface area contributed by atoms with Gasteiger partial charge >= 0.3 is 0 Å². The first kappa shape index (κ1) is 24.3. The molecule has 2 N–H and O–H groups in total. The maximum absolute atomic E-state index is 13.3. The first-order valence-corrected chi connectivity index (χ1v) is 12.5. The fourth-order valence-corrected chi connectivity index (χ4v) is 4.73. The number of nitrogens with zero attached hydrogens (tertiary/aromatic N) is 2. The lowest BCUT2D eigenvalue weighted by Crippen LogP contribution is -2.30. The number of carbonyl (C=O) groups excluding carboxylic acids is 2. The fourth-order valence-electron chi connectivity index (χ4n) is 4.73. The van der Waals surface area contributed by atoms with Gasteiger partial charge in [-0.1, -0.05) is 60.7 Å². The van der Waals surface area contributed by atoms with Gasteiger partial charge in [0.15, 0.2) is 0 Å². The highest BCUT2D eigenvalue weighted by atomic mass is 16.5. The van der Waals surface area contributed by atoms with Crippen LogP contribution >= 0.6 is 0 Å². The predicted octanol–water partition coefficient (Wildman–Crippen LogP) is 4.99. The molecule has 1 aliphatic heterocycles. The number of methoxy groups -OCH3 is 1. The molecule has 37 heavy (non-hydrogen) atoms. The maximum atomic E-state index is 13.3. The zero-order valence-corrected chi connectivity index (χ0v) is 20.8. The van der Waals surface area contributed by atoms with Gasteiger partial charge in [0, 0.05) is 42.9 Å². The normalized spacial score (nSPS) is 15.0. The van der Waals surface area contributed by atoms with Crippen LogP contribution < -0.4 is 10.1 Å². The first-order valence-electron chi connectivity index (χ1n) is 12.5. The minimum Gasteiger partial charge on any atom is -0.497 e. The SMILES string of the molecule is COc1ccc([C@H]2CC(c3ccccc3)=NN2C(=O)CCC(=O)NCCc2c[nH]c3ccccc23)cc1. The number of ether oxygens (including phenoxy) is 1. The zero-order chi connectivity index (χ0) is 25.6. The van der Waals surface area contributed by atoms with Crippen LogP contribution in [0.15, 0.2) is 90.2 Å². The second-order valence-corrected chi connectivity index (χ2v) is 9.10. The van der Waals surface area contributed by atoms with E-state index in [9.17, 15) is 9.59 Å². The number of aromatic amines is 1. The summed E-state index contributed by atoms with van der Waals surface area (Å²) < 4.78 is 5.28. The summed E-state index contributed by atoms with van der Waals surface area (Å²) in [5.74, 6) is 0.451. The van der Waals surface area contributed by atoms with E-state index < -0.39 is 0 Å². The summed E-state index contributed by atoms with van der Waals surface area (Å²) >= 11 is 0. The number of hydrogen-bond donors (Lipinski definition) is 2. The summed E-state index contributed by atoms with van der Waals surface area (Å²) in [6, 6.07) is 25.5. The summed E-state index contributed by atoms with van der Waals surface area (Å²) in [6.07, 6.45) is 3.53. The number of benzene rings is 3. The molecule has 2 heterocycles. The molecule has 7 heteroatoms. The molecule has 3 aromatic carbocycles. The van der Waals surface area contributed by atoms with Crippen LogP contribution in [0.4, 0.5) is 0 Å². The van der Waals surface area contributed by atoms with Crippen molar-refractivity contribution in [2.45, 2.75) is 31.7 Å². The number of para-hydroxylation sites is 1. The first-order chi connectivity index (χ1) is 18.1. The van der Waals surface area contributed by atoms with Gasteiger partial charge in [0.1, 0.15) is 5.75 Å². The van der Waals surface area contributed by atoms with Crippen LogP contribution in [0.1, 0.15) is 42.0 Å². The maximum Gasteiger partial charge on any atom is 0.243 e. The Morgan fingerprint density at radius 2 is 1.76 bits per heavy atom. The molecule has 0 saturated heterocycles. The molecule has 0 fully saturated rings. The van der Waals surface area contributed by atoms with Gasteiger partial charge in [-0.25, -0.2) is 5.01 Å². The van der Waals surface area contributed by atoms with E-state index in [1.807, 2.05) is 79.0 Å². The lowest BCUT2D eigenvalue weighted by atomic mass is 9.98. The molecular formula is C30H30N4O3. The number of aromatic nitrogens is 1. The molecule has 1 atom stereocenters. The van der Waals surface area contributed by atoms with E-state index in [-0.39, 0.29) is 30.7 Å². The average molecular weight is 495 g/mol. The van der Waals surface area contributed by atoms with Crippen molar-refractivity contribution in [3.05, 3.63) is 102 Å². The van der Waals surface area contributed by atoms with Crippen LogP contribution in [0.5, 0.6) is 5.75 Å². The Balaban J connectivity index is 1.21. The number of carbonyl (C=O) groups is 2. The van der Waals surface area contributed by atoms with Gasteiger partial charge in [-0.05, 0) is 41.3 Å². The predicted molar refractivity (Wildman–Crippen MR) is 144 cm³/mol. The van der Waals surface area contributed by atoms with Gasteiger partial charge in [0.05, 0.1) is 18.9 Å². The summed E-state index contributed by atoms with van der Waals surface area (Å²) in [7, 11) is 1.63. The van der Waals surface area contributed by atoms with E-state index in [4.69, 9.17) is 9.84 Å². The molecule has 0 radical (unpaired) electrons. The smallest absolute Gasteiger partial charge is 0.243 e. The number of rotatable bonds is 9. The molecule has 7 nitrogen and oxygen atoms in total. The van der Waals surface area contributed by atoms with Crippen LogP contribution in [0, 0.1) is 0 Å². The molecule has 188 valence electrons. The Labute approximate surface area is 216 Å². The topological polar surface area (TPSA) is 86.8 Å². The Hall–Kier alpha value is -4.39. The number of H-pyrrole nitrogens is 1. The Kier molecular flexibility index (Phi) is 7.31. The quantitative estimate of drug-likeness (QED) is 0.344. The van der Waals surface area contributed by atoms with Crippen molar-refractivity contribution in [2.75, 3.05) is 13.7 Å². The van der Waals surface area contributed by atoms with E-state index in [0.29, 0.717) is 13.0 Å². The Morgan fingerprint density at radius 1 is 1.00 bits per heavy atom. The molecule has 0 bridgehead atoms. The molecule has 2 amide bonds. The van der Waals surface area contributed by atoms with Gasteiger partial charge < -0.3 is 15.0 Å². The molecular weight excluding hydrogens is 464 g/mol. The van der Waals surface area contributed by atoms with E-state index >= 15 is 0 Å². The Bertz CT molecular complexity index is 1410. The fraction of sp³-hybridized carbons (Fsp3) is 0.233. The van der Waals surface area contributed by atoms with Crippen LogP contribution in [-0.2, 0) is 16.0 Å². The third-order valence-corrected chi connectivity index (χ3v) is 6.73. The number of hydrogen-bond acceptors (Lipinski definition) is 4. The van der Waals surface area contributed by atoms with Gasteiger partial charge in [-0.15, -0.1) is 0 Å². The largest absolute Gasteiger partial charge is 0.497 e. The van der Waals surface area contributed by atoms with E-state index in [2.05, 4.69) is 16.4 Å². The highest BCUT2D eigenvalue weighted by molar-refractivity contribution is 6.03. The number of hydrazone groups is 1. The molecule has 0 unspecified atom stereocenters. The van der Waals surface area contributed by atoms with Gasteiger partial charge in [0.25, 0.3) is 0 Å². The number of amides is 2. The van der Waals surface area contributed by atoms with Crippen LogP contribution in [0.3, 0.4) is 0 Å². The number of nitrogens with one attached hydrogen (secondary N) is 2. The summed E-state index contributed by atoms with van der Waals surface area (Å²) in [6.45, 7) is 0.517. The van der Waals surface area contributed by atoms with E-state index in [0.717, 1.165) is 45.5 Å². The second kappa shape index (κ2) is 11.1. The van der Waals surface area contributed by atoms with Crippen LogP contribution in [0.2, 0.25) is 0 Å². The summed E-state index contributed by atoms with van der Waals surface area (Å²) in [5.41, 5.74) is 5.08. The van der Waals surface area contributed by atoms with Gasteiger partial charge in [-0.3, -0.25) is 9.59 Å². The minimum absolute atomic E-state index is 0.0944. The Morgan fingerprint density at radius 3 is 2.54 bits per heavy atom. The van der Waals surface area contributed by atoms with Gasteiger partial charge in [0.2, 0.25) is 11.8 Å². The standard InChI is InChI=1S/C30H30N4O3/c1-37-24-13-11-22(12-14-24)28-19-27(21-7-3-2-4-8-21)33-34(28)30(36)16-15-29(35)31-18-17-23-20-32-26-10-6-5-9-25(23)26/h2-14,20,28,32H,15-19H2,1H3,(H,31,35)/t28-/m1/s1. The number of fused-ring (bicyclic) bond motifs is 1. The third kappa shape index (κ3) is 5.56. The van der Waals surface area contributed by atoms with Crippen LogP contribution in [-0.4, -0.2) is 41.2 Å². The second-order valence-electron chi connectivity index (χ2n) is 9.10. The average Bonchev–Trinajstić information content (AvgIpc) is 3.58. The molecule has 5 rings (SSSR count). The van der Waals surface area contributed by atoms with Crippen molar-refractivity contribution < 1.29 is 14.3 Å². The molecule has 0 saturated carbocycles. The highest BCUT2D eigenvalue weighted by Gasteiger charge is 2.33. The van der Waals surface area contributed by atoms with Crippen molar-refractivity contribution in [2.24, 2.45) is 5.10 Å². The van der Waals surface area contributed by atoms with Crippen molar-refractivity contribution in [1.29, 1.82) is 0 Å². The van der Waals surface area contributed by atoms with E-state index in [1.165, 1.54) is 0 Å². The van der Waals surface area contributed by atoms with Crippen molar-refractivity contribution >= 4 is 28.4 Å².